The van der Waals surface area contributed by atoms with Gasteiger partial charge in [-0.25, -0.2) is 0 Å². The van der Waals surface area contributed by atoms with Crippen molar-refractivity contribution in [2.24, 2.45) is 0 Å². The Labute approximate surface area is 299 Å². The van der Waals surface area contributed by atoms with E-state index in [1.807, 2.05) is 0 Å². The van der Waals surface area contributed by atoms with Crippen LogP contribution in [0.5, 0.6) is 0 Å². The molecule has 0 aromatic carbocycles. The lowest BCUT2D eigenvalue weighted by Crippen LogP contribution is -2.50. The highest BCUT2D eigenvalue weighted by molar-refractivity contribution is 5.76. The second-order valence-corrected chi connectivity index (χ2v) is 14.5. The van der Waals surface area contributed by atoms with Crippen molar-refractivity contribution in [3.05, 3.63) is 24.3 Å². The van der Waals surface area contributed by atoms with Gasteiger partial charge in [-0.1, -0.05) is 179 Å². The molecule has 0 saturated carbocycles. The minimum absolute atomic E-state index is 0.169. The van der Waals surface area contributed by atoms with Crippen molar-refractivity contribution in [3.8, 4) is 0 Å². The maximum atomic E-state index is 12.3. The number of hydrogen-bond acceptors (Lipinski definition) is 4. The van der Waals surface area contributed by atoms with E-state index in [-0.39, 0.29) is 12.5 Å². The normalized spacial score (nSPS) is 13.9. The number of carbonyl (C=O) groups is 1. The zero-order valence-corrected chi connectivity index (χ0v) is 32.1. The van der Waals surface area contributed by atoms with Gasteiger partial charge in [0.25, 0.3) is 0 Å². The number of amides is 1. The summed E-state index contributed by atoms with van der Waals surface area (Å²) in [4.78, 5) is 12.3. The topological polar surface area (TPSA) is 89.8 Å². The van der Waals surface area contributed by atoms with E-state index in [4.69, 9.17) is 0 Å². The summed E-state index contributed by atoms with van der Waals surface area (Å²) in [6.07, 6.45) is 45.9. The van der Waals surface area contributed by atoms with E-state index in [0.29, 0.717) is 12.8 Å². The number of aliphatic hydroxyl groups excluding tert-OH is 3. The predicted molar refractivity (Wildman–Crippen MR) is 208 cm³/mol. The van der Waals surface area contributed by atoms with Gasteiger partial charge in [-0.3, -0.25) is 4.79 Å². The molecule has 0 rings (SSSR count). The number of unbranched alkanes of at least 4 members (excludes halogenated alkanes) is 26. The molecule has 5 nitrogen and oxygen atoms in total. The van der Waals surface area contributed by atoms with Crippen LogP contribution in [-0.4, -0.2) is 46.1 Å². The number of carbonyl (C=O) groups excluding carboxylic acids is 1. The fraction of sp³-hybridized carbons (Fsp3) is 0.884. The summed E-state index contributed by atoms with van der Waals surface area (Å²) < 4.78 is 0. The lowest BCUT2D eigenvalue weighted by molar-refractivity contribution is -0.124. The second kappa shape index (κ2) is 38.6. The van der Waals surface area contributed by atoms with Gasteiger partial charge in [0.15, 0.2) is 0 Å². The Morgan fingerprint density at radius 1 is 0.500 bits per heavy atom. The van der Waals surface area contributed by atoms with Crippen molar-refractivity contribution in [2.45, 2.75) is 238 Å². The standard InChI is InChI=1S/C43H83NO4/c1-3-5-7-9-11-13-15-16-17-18-19-20-21-22-23-24-25-26-27-28-29-31-33-35-37-41(46)43(48)40(39-45)44-42(47)38-36-34-32-30-14-12-10-8-6-4-2/h10,12,29,31,40-41,43,45-46,48H,3-9,11,13-28,30,32-39H2,1-2H3,(H,44,47)/b12-10-,31-29+. The predicted octanol–water partition coefficient (Wildman–Crippen LogP) is 11.8. The zero-order chi connectivity index (χ0) is 35.2. The molecule has 3 unspecified atom stereocenters. The minimum atomic E-state index is -1.16. The minimum Gasteiger partial charge on any atom is -0.394 e. The van der Waals surface area contributed by atoms with Crippen molar-refractivity contribution in [2.75, 3.05) is 6.61 Å². The third kappa shape index (κ3) is 33.3. The average molecular weight is 678 g/mol. The van der Waals surface area contributed by atoms with Crippen molar-refractivity contribution in [1.82, 2.24) is 5.32 Å². The summed E-state index contributed by atoms with van der Waals surface area (Å²) in [5.74, 6) is -0.169. The monoisotopic (exact) mass is 678 g/mol. The summed E-state index contributed by atoms with van der Waals surface area (Å²) in [5, 5.41) is 33.4. The molecule has 0 fully saturated rings. The fourth-order valence-electron chi connectivity index (χ4n) is 6.44. The van der Waals surface area contributed by atoms with E-state index in [1.54, 1.807) is 0 Å². The van der Waals surface area contributed by atoms with Crippen molar-refractivity contribution < 1.29 is 20.1 Å². The molecule has 284 valence electrons. The first-order valence-corrected chi connectivity index (χ1v) is 21.1. The molecule has 48 heavy (non-hydrogen) atoms. The smallest absolute Gasteiger partial charge is 0.220 e. The van der Waals surface area contributed by atoms with Crippen LogP contribution in [0.15, 0.2) is 24.3 Å². The highest BCUT2D eigenvalue weighted by Gasteiger charge is 2.26. The number of nitrogens with one attached hydrogen (secondary N) is 1. The van der Waals surface area contributed by atoms with Gasteiger partial charge in [-0.15, -0.1) is 0 Å². The number of hydrogen-bond donors (Lipinski definition) is 4. The van der Waals surface area contributed by atoms with Crippen LogP contribution in [0.4, 0.5) is 0 Å². The molecule has 0 bridgehead atoms. The molecule has 0 aromatic rings. The second-order valence-electron chi connectivity index (χ2n) is 14.5. The van der Waals surface area contributed by atoms with Crippen molar-refractivity contribution in [3.63, 3.8) is 0 Å². The molecule has 0 spiro atoms. The Morgan fingerprint density at radius 2 is 0.854 bits per heavy atom. The van der Waals surface area contributed by atoms with Gasteiger partial charge in [-0.05, 0) is 57.8 Å². The molecule has 3 atom stereocenters. The molecule has 1 amide bonds. The molecule has 5 heteroatoms. The first kappa shape index (κ1) is 46.8. The van der Waals surface area contributed by atoms with Crippen LogP contribution >= 0.6 is 0 Å². The summed E-state index contributed by atoms with van der Waals surface area (Å²) in [6.45, 7) is 4.11. The number of rotatable bonds is 38. The van der Waals surface area contributed by atoms with E-state index in [2.05, 4.69) is 43.5 Å². The van der Waals surface area contributed by atoms with Gasteiger partial charge in [0.05, 0.1) is 18.8 Å². The summed E-state index contributed by atoms with van der Waals surface area (Å²) in [6, 6.07) is -0.828. The van der Waals surface area contributed by atoms with E-state index in [0.717, 1.165) is 51.4 Å². The highest BCUT2D eigenvalue weighted by Crippen LogP contribution is 2.16. The quantitative estimate of drug-likeness (QED) is 0.0387. The van der Waals surface area contributed by atoms with Crippen LogP contribution in [-0.2, 0) is 4.79 Å². The lowest BCUT2D eigenvalue weighted by Gasteiger charge is -2.26. The van der Waals surface area contributed by atoms with Crippen LogP contribution in [0.25, 0.3) is 0 Å². The molecule has 0 saturated heterocycles. The lowest BCUT2D eigenvalue weighted by atomic mass is 10.0. The Bertz CT molecular complexity index is 709. The summed E-state index contributed by atoms with van der Waals surface area (Å²) in [5.41, 5.74) is 0. The Kier molecular flexibility index (Phi) is 37.7. The molecular weight excluding hydrogens is 594 g/mol. The first-order valence-electron chi connectivity index (χ1n) is 21.1. The van der Waals surface area contributed by atoms with Crippen LogP contribution in [0.2, 0.25) is 0 Å². The Morgan fingerprint density at radius 3 is 1.27 bits per heavy atom. The van der Waals surface area contributed by atoms with Gasteiger partial charge in [0, 0.05) is 6.42 Å². The fourth-order valence-corrected chi connectivity index (χ4v) is 6.44. The van der Waals surface area contributed by atoms with Gasteiger partial charge < -0.3 is 20.6 Å². The average Bonchev–Trinajstić information content (AvgIpc) is 3.09. The van der Waals surface area contributed by atoms with Crippen LogP contribution < -0.4 is 5.32 Å². The summed E-state index contributed by atoms with van der Waals surface area (Å²) >= 11 is 0. The van der Waals surface area contributed by atoms with Crippen LogP contribution in [0, 0.1) is 0 Å². The Balaban J connectivity index is 3.61. The molecular formula is C43H83NO4. The molecule has 0 aliphatic rings. The van der Waals surface area contributed by atoms with Crippen LogP contribution in [0.1, 0.15) is 219 Å². The van der Waals surface area contributed by atoms with E-state index < -0.39 is 18.2 Å². The van der Waals surface area contributed by atoms with E-state index in [1.165, 1.54) is 141 Å². The first-order chi connectivity index (χ1) is 23.6. The zero-order valence-electron chi connectivity index (χ0n) is 32.1. The van der Waals surface area contributed by atoms with E-state index >= 15 is 0 Å². The van der Waals surface area contributed by atoms with E-state index in [9.17, 15) is 20.1 Å². The van der Waals surface area contributed by atoms with Gasteiger partial charge in [0.2, 0.25) is 5.91 Å². The molecule has 4 N–H and O–H groups in total. The third-order valence-electron chi connectivity index (χ3n) is 9.78. The molecule has 0 aliphatic heterocycles. The third-order valence-corrected chi connectivity index (χ3v) is 9.78. The molecule has 0 heterocycles. The Hall–Kier alpha value is -1.17. The number of aliphatic hydroxyl groups is 3. The maximum Gasteiger partial charge on any atom is 0.220 e. The van der Waals surface area contributed by atoms with Crippen LogP contribution in [0.3, 0.4) is 0 Å². The maximum absolute atomic E-state index is 12.3. The van der Waals surface area contributed by atoms with Gasteiger partial charge >= 0.3 is 0 Å². The highest BCUT2D eigenvalue weighted by atomic mass is 16.3. The van der Waals surface area contributed by atoms with Gasteiger partial charge in [0.1, 0.15) is 6.10 Å². The molecule has 0 aromatic heterocycles. The SMILES string of the molecule is CCCC/C=C\CCCCCCC(=O)NC(CO)C(O)C(O)CCC/C=C/CCCCCCCCCCCCCCCCCCCCC. The molecule has 0 radical (unpaired) electrons. The molecule has 0 aliphatic carbocycles. The number of allylic oxidation sites excluding steroid dienone is 4. The van der Waals surface area contributed by atoms with Crippen molar-refractivity contribution in [1.29, 1.82) is 0 Å². The summed E-state index contributed by atoms with van der Waals surface area (Å²) in [7, 11) is 0. The van der Waals surface area contributed by atoms with Crippen molar-refractivity contribution >= 4 is 5.91 Å². The largest absolute Gasteiger partial charge is 0.394 e. The van der Waals surface area contributed by atoms with Gasteiger partial charge in [-0.2, -0.15) is 0 Å².